The summed E-state index contributed by atoms with van der Waals surface area (Å²) < 4.78 is 19.2. The molecule has 0 bridgehead atoms. The van der Waals surface area contributed by atoms with Gasteiger partial charge in [-0.1, -0.05) is 18.2 Å². The highest BCUT2D eigenvalue weighted by molar-refractivity contribution is 7.20. The van der Waals surface area contributed by atoms with Gasteiger partial charge in [0, 0.05) is 10.8 Å². The molecule has 0 spiro atoms. The van der Waals surface area contributed by atoms with Crippen molar-refractivity contribution < 1.29 is 13.9 Å². The van der Waals surface area contributed by atoms with Crippen LogP contribution < -0.4 is 4.78 Å². The number of methoxy groups -OCH3 is 1. The molecule has 2 aromatic rings. The number of rotatable bonds is 4. The lowest BCUT2D eigenvalue weighted by Crippen LogP contribution is -2.33. The van der Waals surface area contributed by atoms with E-state index in [1.54, 1.807) is 26.0 Å². The topological polar surface area (TPSA) is 26.3 Å². The molecular formula is C16H16BFO2S. The highest BCUT2D eigenvalue weighted by Gasteiger charge is 2.40. The van der Waals surface area contributed by atoms with Crippen LogP contribution in [0.5, 0.6) is 0 Å². The van der Waals surface area contributed by atoms with Crippen LogP contribution in [0, 0.1) is 11.2 Å². The van der Waals surface area contributed by atoms with Crippen LogP contribution in [-0.2, 0) is 9.53 Å². The van der Waals surface area contributed by atoms with Gasteiger partial charge in [0.1, 0.15) is 13.7 Å². The lowest BCUT2D eigenvalue weighted by molar-refractivity contribution is -0.151. The molecule has 108 valence electrons. The van der Waals surface area contributed by atoms with E-state index in [-0.39, 0.29) is 17.7 Å². The smallest absolute Gasteiger partial charge is 0.312 e. The quantitative estimate of drug-likeness (QED) is 0.641. The van der Waals surface area contributed by atoms with Gasteiger partial charge in [-0.25, -0.2) is 4.39 Å². The molecule has 2 nitrogen and oxygen atoms in total. The molecule has 0 aliphatic carbocycles. The van der Waals surface area contributed by atoms with E-state index in [0.717, 1.165) is 10.4 Å². The number of thiophene rings is 1. The molecule has 1 heterocycles. The third-order valence-corrected chi connectivity index (χ3v) is 4.53. The molecule has 0 aliphatic rings. The summed E-state index contributed by atoms with van der Waals surface area (Å²) in [6.45, 7) is 3.59. The van der Waals surface area contributed by atoms with Crippen LogP contribution >= 0.6 is 11.3 Å². The van der Waals surface area contributed by atoms with Crippen LogP contribution in [0.3, 0.4) is 0 Å². The molecule has 0 saturated carbocycles. The summed E-state index contributed by atoms with van der Waals surface area (Å²) in [7, 11) is 7.16. The molecule has 5 heteroatoms. The highest BCUT2D eigenvalue weighted by Crippen LogP contribution is 2.43. The zero-order chi connectivity index (χ0) is 15.6. The second-order valence-corrected chi connectivity index (χ2v) is 6.59. The van der Waals surface area contributed by atoms with E-state index >= 15 is 0 Å². The molecule has 1 aromatic carbocycles. The van der Waals surface area contributed by atoms with Crippen molar-refractivity contribution in [1.29, 1.82) is 0 Å². The van der Waals surface area contributed by atoms with Gasteiger partial charge in [-0.3, -0.25) is 4.79 Å². The second-order valence-electron chi connectivity index (χ2n) is 5.44. The SMILES string of the molecule is [B]c1ccc(C(c2cccc(F)c2)C(C)(C)C(=O)OC)s1. The zero-order valence-corrected chi connectivity index (χ0v) is 13.0. The Morgan fingerprint density at radius 3 is 2.57 bits per heavy atom. The molecule has 2 rings (SSSR count). The summed E-state index contributed by atoms with van der Waals surface area (Å²) in [5.74, 6) is -0.991. The van der Waals surface area contributed by atoms with E-state index in [2.05, 4.69) is 0 Å². The number of ether oxygens (including phenoxy) is 1. The minimum absolute atomic E-state index is 0.317. The summed E-state index contributed by atoms with van der Waals surface area (Å²) in [5.41, 5.74) is -0.105. The first kappa shape index (κ1) is 15.8. The van der Waals surface area contributed by atoms with Gasteiger partial charge in [0.15, 0.2) is 0 Å². The molecule has 2 radical (unpaired) electrons. The predicted molar refractivity (Wildman–Crippen MR) is 83.7 cm³/mol. The first-order valence-electron chi connectivity index (χ1n) is 6.55. The average molecular weight is 302 g/mol. The first-order chi connectivity index (χ1) is 9.86. The number of hydrogen-bond donors (Lipinski definition) is 0. The molecule has 1 aromatic heterocycles. The van der Waals surface area contributed by atoms with Crippen molar-refractivity contribution in [3.63, 3.8) is 0 Å². The van der Waals surface area contributed by atoms with Crippen LogP contribution in [0.1, 0.15) is 30.2 Å². The summed E-state index contributed by atoms with van der Waals surface area (Å²) in [6.07, 6.45) is 0. The number of carbonyl (C=O) groups is 1. The standard InChI is InChI=1S/C16H16BFO2S/c1-16(2,15(19)20-3)14(12-7-8-13(17)21-12)10-5-4-6-11(18)9-10/h4-9,14H,1-3H3. The Bertz CT molecular complexity index is 651. The Morgan fingerprint density at radius 2 is 2.05 bits per heavy atom. The van der Waals surface area contributed by atoms with Crippen molar-refractivity contribution in [2.45, 2.75) is 19.8 Å². The van der Waals surface area contributed by atoms with Crippen LogP contribution in [0.4, 0.5) is 4.39 Å². The third kappa shape index (κ3) is 3.18. The number of carbonyl (C=O) groups excluding carboxylic acids is 1. The maximum atomic E-state index is 13.6. The van der Waals surface area contributed by atoms with Gasteiger partial charge in [-0.2, -0.15) is 11.3 Å². The molecule has 21 heavy (non-hydrogen) atoms. The van der Waals surface area contributed by atoms with Gasteiger partial charge < -0.3 is 4.74 Å². The lowest BCUT2D eigenvalue weighted by Gasteiger charge is -2.31. The molecule has 1 atom stereocenters. The molecule has 0 N–H and O–H groups in total. The highest BCUT2D eigenvalue weighted by atomic mass is 32.1. The van der Waals surface area contributed by atoms with Crippen LogP contribution in [0.2, 0.25) is 0 Å². The normalized spacial score (nSPS) is 13.0. The molecule has 1 unspecified atom stereocenters. The van der Waals surface area contributed by atoms with Crippen LogP contribution in [0.25, 0.3) is 0 Å². The van der Waals surface area contributed by atoms with Crippen molar-refractivity contribution in [2.75, 3.05) is 7.11 Å². The Kier molecular flexibility index (Phi) is 4.52. The van der Waals surface area contributed by atoms with Crippen molar-refractivity contribution in [2.24, 2.45) is 5.41 Å². The van der Waals surface area contributed by atoms with Gasteiger partial charge in [-0.05, 0) is 42.4 Å². The number of hydrogen-bond acceptors (Lipinski definition) is 3. The fourth-order valence-electron chi connectivity index (χ4n) is 2.53. The fourth-order valence-corrected chi connectivity index (χ4v) is 3.62. The van der Waals surface area contributed by atoms with Crippen molar-refractivity contribution in [3.8, 4) is 0 Å². The van der Waals surface area contributed by atoms with Crippen molar-refractivity contribution >= 4 is 29.9 Å². The van der Waals surface area contributed by atoms with Crippen molar-refractivity contribution in [1.82, 2.24) is 0 Å². The van der Waals surface area contributed by atoms with E-state index in [1.807, 2.05) is 12.1 Å². The van der Waals surface area contributed by atoms with Crippen molar-refractivity contribution in [3.05, 3.63) is 52.7 Å². The van der Waals surface area contributed by atoms with E-state index in [4.69, 9.17) is 12.6 Å². The van der Waals surface area contributed by atoms with E-state index in [9.17, 15) is 9.18 Å². The van der Waals surface area contributed by atoms with Crippen LogP contribution in [-0.4, -0.2) is 20.9 Å². The van der Waals surface area contributed by atoms with E-state index < -0.39 is 5.41 Å². The third-order valence-electron chi connectivity index (χ3n) is 3.55. The minimum Gasteiger partial charge on any atom is -0.469 e. The van der Waals surface area contributed by atoms with Gasteiger partial charge >= 0.3 is 5.97 Å². The summed E-state index contributed by atoms with van der Waals surface area (Å²) in [6, 6.07) is 9.95. The second kappa shape index (κ2) is 6.02. The maximum absolute atomic E-state index is 13.6. The Labute approximate surface area is 129 Å². The first-order valence-corrected chi connectivity index (χ1v) is 7.37. The number of halogens is 1. The lowest BCUT2D eigenvalue weighted by atomic mass is 9.74. The Hall–Kier alpha value is -1.62. The molecule has 0 saturated heterocycles. The minimum atomic E-state index is -0.833. The Balaban J connectivity index is 2.57. The number of esters is 1. The van der Waals surface area contributed by atoms with Crippen LogP contribution in [0.15, 0.2) is 36.4 Å². The monoisotopic (exact) mass is 302 g/mol. The summed E-state index contributed by atoms with van der Waals surface area (Å²) >= 11 is 1.40. The molecule has 0 amide bonds. The Morgan fingerprint density at radius 1 is 1.33 bits per heavy atom. The summed E-state index contributed by atoms with van der Waals surface area (Å²) in [4.78, 5) is 13.1. The summed E-state index contributed by atoms with van der Waals surface area (Å²) in [5, 5.41) is 0. The largest absolute Gasteiger partial charge is 0.469 e. The number of benzene rings is 1. The van der Waals surface area contributed by atoms with Gasteiger partial charge in [0.25, 0.3) is 0 Å². The molecule has 0 aliphatic heterocycles. The van der Waals surface area contributed by atoms with E-state index in [0.29, 0.717) is 4.78 Å². The zero-order valence-electron chi connectivity index (χ0n) is 12.2. The molecular weight excluding hydrogens is 286 g/mol. The maximum Gasteiger partial charge on any atom is 0.312 e. The average Bonchev–Trinajstić information content (AvgIpc) is 2.84. The van der Waals surface area contributed by atoms with Gasteiger partial charge in [-0.15, -0.1) is 0 Å². The molecule has 0 fully saturated rings. The van der Waals surface area contributed by atoms with E-state index in [1.165, 1.54) is 30.6 Å². The van der Waals surface area contributed by atoms with Gasteiger partial charge in [0.05, 0.1) is 12.5 Å². The predicted octanol–water partition coefficient (Wildman–Crippen LogP) is 3.01. The van der Waals surface area contributed by atoms with Gasteiger partial charge in [0.2, 0.25) is 0 Å². The fraction of sp³-hybridized carbons (Fsp3) is 0.312.